The zero-order valence-corrected chi connectivity index (χ0v) is 18.9. The van der Waals surface area contributed by atoms with Crippen LogP contribution in [0.3, 0.4) is 0 Å². The molecule has 2 aromatic carbocycles. The number of rotatable bonds is 6. The first kappa shape index (κ1) is 21.1. The molecule has 0 aliphatic carbocycles. The second-order valence-electron chi connectivity index (χ2n) is 8.00. The summed E-state index contributed by atoms with van der Waals surface area (Å²) in [5, 5.41) is 2.12. The molecule has 2 aliphatic rings. The summed E-state index contributed by atoms with van der Waals surface area (Å²) in [5.41, 5.74) is 0.337. The first-order valence-corrected chi connectivity index (χ1v) is 14.5. The first-order valence-electron chi connectivity index (χ1n) is 9.86. The van der Waals surface area contributed by atoms with Crippen LogP contribution in [-0.2, 0) is 9.84 Å². The zero-order chi connectivity index (χ0) is 22.5. The van der Waals surface area contributed by atoms with E-state index in [-0.39, 0.29) is 32.0 Å². The highest BCUT2D eigenvalue weighted by Crippen LogP contribution is 2.30. The fourth-order valence-corrected chi connectivity index (χ4v) is 6.06. The van der Waals surface area contributed by atoms with E-state index in [2.05, 4.69) is 18.4 Å². The lowest BCUT2D eigenvalue weighted by Crippen LogP contribution is -2.31. The van der Waals surface area contributed by atoms with Gasteiger partial charge in [-0.1, -0.05) is 19.1 Å². The molecule has 0 saturated heterocycles. The Labute approximate surface area is 180 Å². The molecule has 1 N–H and O–H groups in total. The van der Waals surface area contributed by atoms with Gasteiger partial charge in [-0.25, -0.2) is 8.42 Å². The Hall–Kier alpha value is -3.11. The molecule has 0 radical (unpaired) electrons. The van der Waals surface area contributed by atoms with Crippen LogP contribution in [-0.4, -0.2) is 52.3 Å². The molecule has 31 heavy (non-hydrogen) atoms. The molecule has 10 heteroatoms. The number of carbonyl (C=O) groups is 4. The summed E-state index contributed by atoms with van der Waals surface area (Å²) >= 11 is 0. The normalized spacial score (nSPS) is 15.5. The van der Waals surface area contributed by atoms with Crippen molar-refractivity contribution < 1.29 is 27.6 Å². The monoisotopic (exact) mass is 456 g/mol. The number of hydrogen-bond acceptors (Lipinski definition) is 6. The number of amides is 4. The lowest BCUT2D eigenvalue weighted by atomic mass is 10.1. The van der Waals surface area contributed by atoms with Gasteiger partial charge in [0.1, 0.15) is 0 Å². The molecule has 0 aromatic heterocycles. The predicted octanol–water partition coefficient (Wildman–Crippen LogP) is 1.88. The largest absolute Gasteiger partial charge is 0.288 e. The number of nitrogens with zero attached hydrogens (tertiary/aromatic N) is 1. The minimum absolute atomic E-state index is 0.0154. The maximum absolute atomic E-state index is 13.1. The van der Waals surface area contributed by atoms with Crippen LogP contribution in [0.5, 0.6) is 0 Å². The Kier molecular flexibility index (Phi) is 5.14. The third-order valence-corrected chi connectivity index (χ3v) is 8.75. The minimum atomic E-state index is -4.08. The second-order valence-corrected chi connectivity index (χ2v) is 13.3. The van der Waals surface area contributed by atoms with Crippen molar-refractivity contribution >= 4 is 42.3 Å². The molecule has 0 saturated carbocycles. The van der Waals surface area contributed by atoms with Crippen molar-refractivity contribution in [2.24, 2.45) is 0 Å². The highest BCUT2D eigenvalue weighted by Gasteiger charge is 2.37. The van der Waals surface area contributed by atoms with Crippen LogP contribution >= 0.6 is 0 Å². The van der Waals surface area contributed by atoms with Gasteiger partial charge in [-0.3, -0.25) is 29.4 Å². The van der Waals surface area contributed by atoms with Gasteiger partial charge in [-0.2, -0.15) is 0 Å². The van der Waals surface area contributed by atoms with Crippen molar-refractivity contribution in [1.82, 2.24) is 10.2 Å². The Balaban J connectivity index is 1.66. The Morgan fingerprint density at radius 1 is 0.806 bits per heavy atom. The van der Waals surface area contributed by atoms with Crippen molar-refractivity contribution in [3.63, 3.8) is 0 Å². The lowest BCUT2D eigenvalue weighted by Gasteiger charge is -2.13. The summed E-state index contributed by atoms with van der Waals surface area (Å²) in [6.07, 6.45) is 0.733. The molecule has 4 amide bonds. The topological polar surface area (TPSA) is 118 Å². The third kappa shape index (κ3) is 3.51. The smallest absolute Gasteiger partial charge is 0.261 e. The molecule has 0 fully saturated rings. The Morgan fingerprint density at radius 3 is 2.00 bits per heavy atom. The summed E-state index contributed by atoms with van der Waals surface area (Å²) < 4.78 is 26.2. The first-order chi connectivity index (χ1) is 14.6. The number of benzene rings is 2. The van der Waals surface area contributed by atoms with E-state index in [1.807, 2.05) is 0 Å². The number of imide groups is 2. The molecule has 2 heterocycles. The van der Waals surface area contributed by atoms with Crippen molar-refractivity contribution in [2.45, 2.75) is 35.3 Å². The van der Waals surface area contributed by atoms with Gasteiger partial charge in [0, 0.05) is 15.3 Å². The molecule has 0 atom stereocenters. The maximum atomic E-state index is 13.1. The fraction of sp³-hybridized carbons (Fsp3) is 0.238. The molecule has 0 unspecified atom stereocenters. The van der Waals surface area contributed by atoms with Gasteiger partial charge in [0.2, 0.25) is 9.84 Å². The molecule has 0 bridgehead atoms. The SMILES string of the molecule is C[SiH](C)CCCN1C(=O)c2ccc(S(=O)(=O)c3ccc4c(c3)C(=O)NC4=O)cc2C1=O. The van der Waals surface area contributed by atoms with Crippen molar-refractivity contribution in [3.05, 3.63) is 58.7 Å². The van der Waals surface area contributed by atoms with Crippen LogP contribution in [0, 0.1) is 0 Å². The summed E-state index contributed by atoms with van der Waals surface area (Å²) in [5.74, 6) is -2.15. The van der Waals surface area contributed by atoms with Crippen molar-refractivity contribution in [1.29, 1.82) is 0 Å². The van der Waals surface area contributed by atoms with Crippen LogP contribution < -0.4 is 5.32 Å². The van der Waals surface area contributed by atoms with E-state index in [9.17, 15) is 27.6 Å². The summed E-state index contributed by atoms with van der Waals surface area (Å²) in [7, 11) is -4.88. The highest BCUT2D eigenvalue weighted by molar-refractivity contribution is 7.91. The van der Waals surface area contributed by atoms with E-state index in [1.54, 1.807) is 0 Å². The quantitative estimate of drug-likeness (QED) is 0.524. The zero-order valence-electron chi connectivity index (χ0n) is 17.0. The number of nitrogens with one attached hydrogen (secondary N) is 1. The van der Waals surface area contributed by atoms with Crippen LogP contribution in [0.4, 0.5) is 0 Å². The van der Waals surface area contributed by atoms with E-state index in [4.69, 9.17) is 0 Å². The van der Waals surface area contributed by atoms with Gasteiger partial charge in [0.15, 0.2) is 0 Å². The average Bonchev–Trinajstić information content (AvgIpc) is 3.15. The Morgan fingerprint density at radius 2 is 1.35 bits per heavy atom. The molecule has 8 nitrogen and oxygen atoms in total. The van der Waals surface area contributed by atoms with Crippen LogP contribution in [0.1, 0.15) is 47.9 Å². The predicted molar refractivity (Wildman–Crippen MR) is 114 cm³/mol. The van der Waals surface area contributed by atoms with Crippen molar-refractivity contribution in [3.8, 4) is 0 Å². The van der Waals surface area contributed by atoms with Gasteiger partial charge in [-0.15, -0.1) is 0 Å². The third-order valence-electron chi connectivity index (χ3n) is 5.43. The molecule has 4 rings (SSSR count). The molecule has 0 spiro atoms. The molecular formula is C21H20N2O6SSi. The van der Waals surface area contributed by atoms with Gasteiger partial charge < -0.3 is 0 Å². The van der Waals surface area contributed by atoms with Crippen LogP contribution in [0.15, 0.2) is 46.2 Å². The maximum Gasteiger partial charge on any atom is 0.261 e. The summed E-state index contributed by atoms with van der Waals surface area (Å²) in [6, 6.07) is 8.51. The van der Waals surface area contributed by atoms with E-state index in [0.717, 1.165) is 18.5 Å². The second kappa shape index (κ2) is 7.54. The van der Waals surface area contributed by atoms with E-state index in [1.165, 1.54) is 35.2 Å². The number of fused-ring (bicyclic) bond motifs is 2. The molecule has 2 aliphatic heterocycles. The Bertz CT molecular complexity index is 1270. The van der Waals surface area contributed by atoms with Gasteiger partial charge in [0.25, 0.3) is 23.6 Å². The standard InChI is InChI=1S/C21H20N2O6SSi/c1-31(2)9-3-8-23-20(26)15-7-5-13(11-17(15)21(23)27)30(28,29)12-4-6-14-16(10-12)19(25)22-18(14)24/h4-7,10-11,31H,3,8-9H2,1-2H3,(H,22,24,25). The van der Waals surface area contributed by atoms with Gasteiger partial charge in [-0.05, 0) is 42.8 Å². The number of carbonyl (C=O) groups excluding carboxylic acids is 4. The van der Waals surface area contributed by atoms with E-state index in [0.29, 0.717) is 6.54 Å². The number of hydrogen-bond donors (Lipinski definition) is 1. The summed E-state index contributed by atoms with van der Waals surface area (Å²) in [6.45, 7) is 4.70. The van der Waals surface area contributed by atoms with E-state index >= 15 is 0 Å². The van der Waals surface area contributed by atoms with Crippen molar-refractivity contribution in [2.75, 3.05) is 6.54 Å². The van der Waals surface area contributed by atoms with Gasteiger partial charge >= 0.3 is 0 Å². The number of sulfone groups is 1. The minimum Gasteiger partial charge on any atom is -0.288 e. The lowest BCUT2D eigenvalue weighted by molar-refractivity contribution is 0.0653. The molecule has 160 valence electrons. The molecular weight excluding hydrogens is 436 g/mol. The average molecular weight is 457 g/mol. The van der Waals surface area contributed by atoms with Crippen LogP contribution in [0.2, 0.25) is 19.1 Å². The van der Waals surface area contributed by atoms with Crippen LogP contribution in [0.25, 0.3) is 0 Å². The highest BCUT2D eigenvalue weighted by atomic mass is 32.2. The summed E-state index contributed by atoms with van der Waals surface area (Å²) in [4.78, 5) is 49.8. The van der Waals surface area contributed by atoms with E-state index < -0.39 is 42.3 Å². The van der Waals surface area contributed by atoms with Gasteiger partial charge in [0.05, 0.1) is 32.0 Å². The molecule has 2 aromatic rings. The fourth-order valence-electron chi connectivity index (χ4n) is 3.75.